The second-order valence-electron chi connectivity index (χ2n) is 5.33. The number of amides is 2. The number of nitrogens with one attached hydrogen (secondary N) is 1. The fraction of sp³-hybridized carbons (Fsp3) is 0.615. The second-order valence-corrected chi connectivity index (χ2v) is 5.67. The molecule has 8 heteroatoms. The first-order valence-electron chi connectivity index (χ1n) is 7.12. The number of anilines is 1. The van der Waals surface area contributed by atoms with E-state index in [0.29, 0.717) is 19.1 Å². The Morgan fingerprint density at radius 1 is 1.52 bits per heavy atom. The van der Waals surface area contributed by atoms with Crippen molar-refractivity contribution in [3.8, 4) is 0 Å². The van der Waals surface area contributed by atoms with Crippen LogP contribution in [-0.4, -0.2) is 58.0 Å². The highest BCUT2D eigenvalue weighted by Gasteiger charge is 2.39. The third kappa shape index (κ3) is 3.02. The van der Waals surface area contributed by atoms with Crippen LogP contribution in [0.25, 0.3) is 0 Å². The van der Waals surface area contributed by atoms with Gasteiger partial charge >= 0.3 is 6.03 Å². The molecule has 0 saturated carbocycles. The maximum Gasteiger partial charge on any atom is 0.320 e. The van der Waals surface area contributed by atoms with Crippen molar-refractivity contribution >= 4 is 23.4 Å². The van der Waals surface area contributed by atoms with Crippen LogP contribution in [0.4, 0.5) is 15.0 Å². The van der Waals surface area contributed by atoms with Gasteiger partial charge in [0.15, 0.2) is 11.6 Å². The van der Waals surface area contributed by atoms with Gasteiger partial charge in [-0.15, -0.1) is 0 Å². The van der Waals surface area contributed by atoms with Crippen LogP contribution in [0, 0.1) is 5.82 Å². The zero-order valence-electron chi connectivity index (χ0n) is 11.6. The van der Waals surface area contributed by atoms with Gasteiger partial charge in [-0.25, -0.2) is 14.2 Å². The van der Waals surface area contributed by atoms with Crippen LogP contribution in [0.15, 0.2) is 6.20 Å². The zero-order chi connectivity index (χ0) is 14.8. The van der Waals surface area contributed by atoms with E-state index in [4.69, 9.17) is 11.6 Å². The highest BCUT2D eigenvalue weighted by molar-refractivity contribution is 6.28. The van der Waals surface area contributed by atoms with Gasteiger partial charge in [0.1, 0.15) is 0 Å². The lowest BCUT2D eigenvalue weighted by atomic mass is 10.2. The van der Waals surface area contributed by atoms with E-state index in [2.05, 4.69) is 15.3 Å². The summed E-state index contributed by atoms with van der Waals surface area (Å²) in [6, 6.07) is 0.525. The fourth-order valence-electron chi connectivity index (χ4n) is 2.92. The summed E-state index contributed by atoms with van der Waals surface area (Å²) in [5, 5.41) is 2.89. The van der Waals surface area contributed by atoms with Gasteiger partial charge in [0, 0.05) is 26.2 Å². The smallest absolute Gasteiger partial charge is 0.320 e. The molecule has 2 amide bonds. The minimum atomic E-state index is -0.530. The molecule has 1 aromatic heterocycles. The summed E-state index contributed by atoms with van der Waals surface area (Å²) < 4.78 is 13.4. The molecule has 0 aliphatic carbocycles. The quantitative estimate of drug-likeness (QED) is 0.667. The third-order valence-electron chi connectivity index (χ3n) is 3.94. The summed E-state index contributed by atoms with van der Waals surface area (Å²) in [5.74, 6) is -0.430. The number of hydrogen-bond donors (Lipinski definition) is 1. The number of carbonyl (C=O) groups excluding carboxylic acids is 1. The number of fused-ring (bicyclic) bond motifs is 1. The summed E-state index contributed by atoms with van der Waals surface area (Å²) in [7, 11) is 0. The topological polar surface area (TPSA) is 61.4 Å². The van der Waals surface area contributed by atoms with Crippen molar-refractivity contribution in [2.24, 2.45) is 0 Å². The number of carbonyl (C=O) groups is 1. The van der Waals surface area contributed by atoms with Crippen LogP contribution >= 0.6 is 11.6 Å². The van der Waals surface area contributed by atoms with Gasteiger partial charge in [-0.1, -0.05) is 0 Å². The lowest BCUT2D eigenvalue weighted by Crippen LogP contribution is -2.33. The molecule has 0 bridgehead atoms. The Bertz CT molecular complexity index is 543. The maximum atomic E-state index is 13.4. The molecule has 114 valence electrons. The normalized spacial score (nSPS) is 21.0. The van der Waals surface area contributed by atoms with E-state index in [9.17, 15) is 9.18 Å². The highest BCUT2D eigenvalue weighted by atomic mass is 35.5. The molecule has 3 rings (SSSR count). The number of rotatable bonds is 5. The van der Waals surface area contributed by atoms with Gasteiger partial charge in [-0.2, -0.15) is 4.98 Å². The first kappa shape index (κ1) is 14.3. The highest BCUT2D eigenvalue weighted by Crippen LogP contribution is 2.25. The van der Waals surface area contributed by atoms with Crippen LogP contribution in [0.5, 0.6) is 0 Å². The zero-order valence-corrected chi connectivity index (χ0v) is 12.3. The van der Waals surface area contributed by atoms with Gasteiger partial charge in [0.25, 0.3) is 0 Å². The first-order valence-corrected chi connectivity index (χ1v) is 7.50. The van der Waals surface area contributed by atoms with Gasteiger partial charge in [-0.3, -0.25) is 0 Å². The average molecular weight is 314 g/mol. The molecular formula is C13H17ClFN5O. The molecular weight excluding hydrogens is 297 g/mol. The molecule has 2 aliphatic heterocycles. The van der Waals surface area contributed by atoms with Crippen molar-refractivity contribution < 1.29 is 9.18 Å². The Hall–Kier alpha value is -1.63. The maximum absolute atomic E-state index is 13.4. The monoisotopic (exact) mass is 313 g/mol. The molecule has 2 saturated heterocycles. The Morgan fingerprint density at radius 2 is 2.38 bits per heavy atom. The lowest BCUT2D eigenvalue weighted by molar-refractivity contribution is 0.193. The molecule has 2 aliphatic rings. The number of hydrogen-bond acceptors (Lipinski definition) is 4. The second kappa shape index (κ2) is 6.01. The standard InChI is InChI=1S/C13H17ClFN5O/c14-12-17-7-10(15)11(18-12)16-4-2-5-19-8-9-3-1-6-20(9)13(19)21/h7,9H,1-6,8H2,(H,16,17,18)/t9-/m0/s1. The Morgan fingerprint density at radius 3 is 3.19 bits per heavy atom. The van der Waals surface area contributed by atoms with Crippen LogP contribution < -0.4 is 5.32 Å². The predicted molar refractivity (Wildman–Crippen MR) is 76.8 cm³/mol. The van der Waals surface area contributed by atoms with E-state index in [1.165, 1.54) is 0 Å². The summed E-state index contributed by atoms with van der Waals surface area (Å²) in [6.45, 7) is 2.88. The molecule has 6 nitrogen and oxygen atoms in total. The molecule has 1 aromatic rings. The number of urea groups is 1. The molecule has 2 fully saturated rings. The molecule has 1 N–H and O–H groups in total. The summed E-state index contributed by atoms with van der Waals surface area (Å²) in [4.78, 5) is 23.2. The van der Waals surface area contributed by atoms with Crippen molar-refractivity contribution in [3.63, 3.8) is 0 Å². The lowest BCUT2D eigenvalue weighted by Gasteiger charge is -2.17. The van der Waals surface area contributed by atoms with Gasteiger partial charge in [0.05, 0.1) is 12.2 Å². The van der Waals surface area contributed by atoms with E-state index in [1.807, 2.05) is 9.80 Å². The van der Waals surface area contributed by atoms with E-state index >= 15 is 0 Å². The molecule has 0 unspecified atom stereocenters. The largest absolute Gasteiger partial charge is 0.367 e. The van der Waals surface area contributed by atoms with Gasteiger partial charge in [-0.05, 0) is 30.9 Å². The minimum absolute atomic E-state index is 0.00856. The van der Waals surface area contributed by atoms with Crippen molar-refractivity contribution in [2.75, 3.05) is 31.5 Å². The third-order valence-corrected chi connectivity index (χ3v) is 4.12. The SMILES string of the molecule is O=C1N(CCCNc2nc(Cl)ncc2F)C[C@@H]2CCCN12. The summed E-state index contributed by atoms with van der Waals surface area (Å²) >= 11 is 5.62. The van der Waals surface area contributed by atoms with E-state index in [-0.39, 0.29) is 17.1 Å². The summed E-state index contributed by atoms with van der Waals surface area (Å²) in [6.07, 6.45) is 3.98. The molecule has 1 atom stereocenters. The van der Waals surface area contributed by atoms with Crippen molar-refractivity contribution in [1.29, 1.82) is 0 Å². The Labute approximate surface area is 127 Å². The van der Waals surface area contributed by atoms with Crippen molar-refractivity contribution in [2.45, 2.75) is 25.3 Å². The molecule has 3 heterocycles. The number of halogens is 2. The van der Waals surface area contributed by atoms with Crippen molar-refractivity contribution in [1.82, 2.24) is 19.8 Å². The van der Waals surface area contributed by atoms with Crippen molar-refractivity contribution in [3.05, 3.63) is 17.3 Å². The van der Waals surface area contributed by atoms with Crippen LogP contribution in [0.2, 0.25) is 5.28 Å². The summed E-state index contributed by atoms with van der Waals surface area (Å²) in [5.41, 5.74) is 0. The number of nitrogens with zero attached hydrogens (tertiary/aromatic N) is 4. The minimum Gasteiger partial charge on any atom is -0.367 e. The van der Waals surface area contributed by atoms with E-state index in [0.717, 1.165) is 38.5 Å². The molecule has 0 aromatic carbocycles. The van der Waals surface area contributed by atoms with Crippen LogP contribution in [0.1, 0.15) is 19.3 Å². The average Bonchev–Trinajstić information content (AvgIpc) is 3.03. The van der Waals surface area contributed by atoms with E-state index in [1.54, 1.807) is 0 Å². The fourth-order valence-corrected chi connectivity index (χ4v) is 3.06. The number of aromatic nitrogens is 2. The van der Waals surface area contributed by atoms with Crippen LogP contribution in [0.3, 0.4) is 0 Å². The Balaban J connectivity index is 1.44. The molecule has 21 heavy (non-hydrogen) atoms. The molecule has 0 radical (unpaired) electrons. The molecule has 0 spiro atoms. The van der Waals surface area contributed by atoms with Crippen LogP contribution in [-0.2, 0) is 0 Å². The predicted octanol–water partition coefficient (Wildman–Crippen LogP) is 1.97. The van der Waals surface area contributed by atoms with Gasteiger partial charge < -0.3 is 15.1 Å². The first-order chi connectivity index (χ1) is 10.1. The van der Waals surface area contributed by atoms with Gasteiger partial charge in [0.2, 0.25) is 5.28 Å². The van der Waals surface area contributed by atoms with E-state index < -0.39 is 5.82 Å². The Kier molecular flexibility index (Phi) is 4.10.